The number of nitrogens with zero attached hydrogens (tertiary/aromatic N) is 4. The molecule has 4 rings (SSSR count). The number of halogens is 3. The number of alkyl halides is 3. The summed E-state index contributed by atoms with van der Waals surface area (Å²) in [6, 6.07) is 8.87. The van der Waals surface area contributed by atoms with E-state index in [1.54, 1.807) is 30.3 Å². The summed E-state index contributed by atoms with van der Waals surface area (Å²) < 4.78 is 46.5. The van der Waals surface area contributed by atoms with E-state index in [9.17, 15) is 32.9 Å². The molecule has 36 heavy (non-hydrogen) atoms. The molecular formula is C21H15F3N6O5S. The van der Waals surface area contributed by atoms with E-state index in [0.29, 0.717) is 16.9 Å². The summed E-state index contributed by atoms with van der Waals surface area (Å²) in [7, 11) is 1.17. The van der Waals surface area contributed by atoms with Gasteiger partial charge in [0, 0.05) is 5.39 Å². The third-order valence-electron chi connectivity index (χ3n) is 4.93. The van der Waals surface area contributed by atoms with Crippen LogP contribution in [-0.2, 0) is 17.5 Å². The third kappa shape index (κ3) is 4.68. The van der Waals surface area contributed by atoms with Gasteiger partial charge >= 0.3 is 17.7 Å². The van der Waals surface area contributed by atoms with Crippen LogP contribution in [0.3, 0.4) is 0 Å². The lowest BCUT2D eigenvalue weighted by Gasteiger charge is -2.12. The number of anilines is 1. The van der Waals surface area contributed by atoms with Crippen molar-refractivity contribution in [2.45, 2.75) is 12.7 Å². The number of hydrogen-bond donors (Lipinski definition) is 2. The fourth-order valence-electron chi connectivity index (χ4n) is 3.45. The minimum atomic E-state index is -4.77. The molecule has 0 radical (unpaired) electrons. The number of benzene rings is 1. The number of fused-ring (bicyclic) bond motifs is 1. The van der Waals surface area contributed by atoms with Crippen molar-refractivity contribution in [3.8, 4) is 17.0 Å². The zero-order valence-electron chi connectivity index (χ0n) is 18.2. The van der Waals surface area contributed by atoms with Gasteiger partial charge in [0.15, 0.2) is 0 Å². The number of ether oxygens (including phenoxy) is 1. The number of nitro groups is 1. The Kier molecular flexibility index (Phi) is 6.32. The molecule has 0 spiro atoms. The number of carbonyl (C=O) groups is 2. The lowest BCUT2D eigenvalue weighted by molar-refractivity contribution is -0.385. The van der Waals surface area contributed by atoms with E-state index in [1.807, 2.05) is 0 Å². The molecule has 186 valence electrons. The summed E-state index contributed by atoms with van der Waals surface area (Å²) in [6.07, 6.45) is -3.79. The van der Waals surface area contributed by atoms with Gasteiger partial charge in [0.2, 0.25) is 5.91 Å². The molecule has 0 atom stereocenters. The van der Waals surface area contributed by atoms with E-state index in [0.717, 1.165) is 16.9 Å². The quantitative estimate of drug-likeness (QED) is 0.277. The lowest BCUT2D eigenvalue weighted by Crippen LogP contribution is -2.21. The number of hydrogen-bond acceptors (Lipinski definition) is 8. The molecule has 2 amide bonds. The highest BCUT2D eigenvalue weighted by atomic mass is 32.1. The molecule has 0 unspecified atom stereocenters. The normalized spacial score (nSPS) is 11.4. The highest BCUT2D eigenvalue weighted by Crippen LogP contribution is 2.43. The number of nitrogens with one attached hydrogen (secondary N) is 1. The van der Waals surface area contributed by atoms with Crippen molar-refractivity contribution in [2.24, 2.45) is 5.73 Å². The molecule has 0 aliphatic rings. The van der Waals surface area contributed by atoms with Crippen molar-refractivity contribution < 1.29 is 32.4 Å². The predicted molar refractivity (Wildman–Crippen MR) is 123 cm³/mol. The Bertz CT molecular complexity index is 1500. The summed E-state index contributed by atoms with van der Waals surface area (Å²) in [5.74, 6) is -2.09. The van der Waals surface area contributed by atoms with E-state index < -0.39 is 40.8 Å². The fourth-order valence-corrected chi connectivity index (χ4v) is 4.46. The van der Waals surface area contributed by atoms with Crippen LogP contribution in [0.15, 0.2) is 42.6 Å². The Labute approximate surface area is 203 Å². The van der Waals surface area contributed by atoms with Crippen LogP contribution in [0.5, 0.6) is 5.88 Å². The second kappa shape index (κ2) is 9.26. The van der Waals surface area contributed by atoms with Gasteiger partial charge in [-0.3, -0.25) is 24.4 Å². The second-order valence-electron chi connectivity index (χ2n) is 7.30. The number of methoxy groups -OCH3 is 1. The smallest absolute Gasteiger partial charge is 0.433 e. The Morgan fingerprint density at radius 3 is 2.53 bits per heavy atom. The zero-order chi connectivity index (χ0) is 26.2. The average Bonchev–Trinajstić information content (AvgIpc) is 3.40. The first-order valence-electron chi connectivity index (χ1n) is 9.95. The van der Waals surface area contributed by atoms with Crippen molar-refractivity contribution in [3.63, 3.8) is 0 Å². The molecule has 0 aliphatic carbocycles. The Hall–Kier alpha value is -4.53. The molecule has 15 heteroatoms. The van der Waals surface area contributed by atoms with Crippen molar-refractivity contribution in [1.29, 1.82) is 0 Å². The summed E-state index contributed by atoms with van der Waals surface area (Å²) in [6.45, 7) is -0.533. The van der Waals surface area contributed by atoms with E-state index in [1.165, 1.54) is 7.11 Å². The van der Waals surface area contributed by atoms with Crippen LogP contribution < -0.4 is 15.8 Å². The Balaban J connectivity index is 1.83. The van der Waals surface area contributed by atoms with Gasteiger partial charge in [0.1, 0.15) is 28.1 Å². The summed E-state index contributed by atoms with van der Waals surface area (Å²) >= 11 is 0.601. The molecule has 0 bridgehead atoms. The minimum absolute atomic E-state index is 0.0726. The maximum Gasteiger partial charge on any atom is 0.433 e. The molecule has 0 aliphatic heterocycles. The van der Waals surface area contributed by atoms with Gasteiger partial charge in [-0.1, -0.05) is 30.3 Å². The van der Waals surface area contributed by atoms with Crippen LogP contribution in [0, 0.1) is 10.1 Å². The topological polar surface area (TPSA) is 155 Å². The molecule has 4 aromatic rings. The van der Waals surface area contributed by atoms with Crippen LogP contribution in [0.4, 0.5) is 24.5 Å². The molecule has 0 saturated heterocycles. The summed E-state index contributed by atoms with van der Waals surface area (Å²) in [4.78, 5) is 38.6. The first-order chi connectivity index (χ1) is 17.0. The third-order valence-corrected chi connectivity index (χ3v) is 6.03. The average molecular weight is 520 g/mol. The molecular weight excluding hydrogens is 505 g/mol. The molecule has 0 saturated carbocycles. The second-order valence-corrected chi connectivity index (χ2v) is 8.29. The van der Waals surface area contributed by atoms with Gasteiger partial charge in [0.05, 0.1) is 17.7 Å². The number of rotatable bonds is 7. The van der Waals surface area contributed by atoms with Gasteiger partial charge in [0.25, 0.3) is 5.91 Å². The Morgan fingerprint density at radius 2 is 1.97 bits per heavy atom. The number of primary amides is 1. The van der Waals surface area contributed by atoms with Crippen molar-refractivity contribution in [1.82, 2.24) is 14.8 Å². The summed E-state index contributed by atoms with van der Waals surface area (Å²) in [5.41, 5.74) is 4.13. The first-order valence-corrected chi connectivity index (χ1v) is 10.8. The standard InChI is InChI=1S/C21H15F3N6O5S/c1-35-19-12(30(33)34)8-29(28-19)9-14(31)27-16-15-11(10-5-3-2-4-6-10)7-13(21(22,23)24)26-20(15)36-17(16)18(25)32/h2-8H,9H2,1H3,(H2,25,32)(H,27,31). The highest BCUT2D eigenvalue weighted by molar-refractivity contribution is 7.21. The highest BCUT2D eigenvalue weighted by Gasteiger charge is 2.35. The largest absolute Gasteiger partial charge is 0.475 e. The lowest BCUT2D eigenvalue weighted by atomic mass is 10.0. The molecule has 3 N–H and O–H groups in total. The Morgan fingerprint density at radius 1 is 1.28 bits per heavy atom. The molecule has 0 fully saturated rings. The molecule has 1 aromatic carbocycles. The van der Waals surface area contributed by atoms with E-state index in [-0.39, 0.29) is 32.2 Å². The maximum absolute atomic E-state index is 13.6. The SMILES string of the molecule is COc1nn(CC(=O)Nc2c(C(N)=O)sc3nc(C(F)(F)F)cc(-c4ccccc4)c23)cc1[N+](=O)[O-]. The van der Waals surface area contributed by atoms with Gasteiger partial charge in [-0.2, -0.15) is 13.2 Å². The van der Waals surface area contributed by atoms with E-state index in [2.05, 4.69) is 15.4 Å². The predicted octanol–water partition coefficient (Wildman–Crippen LogP) is 3.83. The van der Waals surface area contributed by atoms with Gasteiger partial charge in [-0.15, -0.1) is 16.4 Å². The van der Waals surface area contributed by atoms with Crippen LogP contribution in [0.1, 0.15) is 15.4 Å². The fraction of sp³-hybridized carbons (Fsp3) is 0.143. The number of aromatic nitrogens is 3. The number of pyridine rings is 1. The molecule has 3 aromatic heterocycles. The number of nitrogens with two attached hydrogens (primary N) is 1. The van der Waals surface area contributed by atoms with E-state index >= 15 is 0 Å². The van der Waals surface area contributed by atoms with Crippen LogP contribution in [0.25, 0.3) is 21.3 Å². The molecule has 11 nitrogen and oxygen atoms in total. The van der Waals surface area contributed by atoms with Crippen LogP contribution in [-0.4, -0.2) is 38.6 Å². The maximum atomic E-state index is 13.6. The number of amides is 2. The van der Waals surface area contributed by atoms with Crippen LogP contribution in [0.2, 0.25) is 0 Å². The minimum Gasteiger partial charge on any atom is -0.475 e. The zero-order valence-corrected chi connectivity index (χ0v) is 19.0. The van der Waals surface area contributed by atoms with Gasteiger partial charge in [-0.05, 0) is 17.2 Å². The molecule has 3 heterocycles. The summed E-state index contributed by atoms with van der Waals surface area (Å²) in [5, 5.41) is 17.5. The first kappa shape index (κ1) is 24.6. The number of thiophene rings is 1. The van der Waals surface area contributed by atoms with E-state index in [4.69, 9.17) is 10.5 Å². The van der Waals surface area contributed by atoms with Crippen LogP contribution >= 0.6 is 11.3 Å². The van der Waals surface area contributed by atoms with Crippen molar-refractivity contribution in [2.75, 3.05) is 12.4 Å². The van der Waals surface area contributed by atoms with Crippen molar-refractivity contribution >= 4 is 44.7 Å². The van der Waals surface area contributed by atoms with Gasteiger partial charge < -0.3 is 15.8 Å². The van der Waals surface area contributed by atoms with Gasteiger partial charge in [-0.25, -0.2) is 4.98 Å². The van der Waals surface area contributed by atoms with Crippen molar-refractivity contribution in [3.05, 3.63) is 63.3 Å². The number of carbonyl (C=O) groups excluding carboxylic acids is 2. The monoisotopic (exact) mass is 520 g/mol.